The van der Waals surface area contributed by atoms with Crippen molar-refractivity contribution in [3.63, 3.8) is 0 Å². The van der Waals surface area contributed by atoms with Crippen molar-refractivity contribution in [2.75, 3.05) is 0 Å². The molecular weight excluding hydrogens is 104 g/mol. The quantitative estimate of drug-likeness (QED) is 0.476. The molecule has 2 nitrogen and oxygen atoms in total. The van der Waals surface area contributed by atoms with E-state index in [0.29, 0.717) is 5.57 Å². The molecule has 0 saturated carbocycles. The first-order valence-electron chi connectivity index (χ1n) is 2.56. The van der Waals surface area contributed by atoms with Gasteiger partial charge in [-0.25, -0.2) is 0 Å². The van der Waals surface area contributed by atoms with Crippen LogP contribution in [0.25, 0.3) is 0 Å². The minimum Gasteiger partial charge on any atom is -0.545 e. The van der Waals surface area contributed by atoms with Gasteiger partial charge in [0.2, 0.25) is 0 Å². The van der Waals surface area contributed by atoms with E-state index < -0.39 is 5.97 Å². The number of carbonyl (C=O) groups excluding carboxylic acids is 1. The van der Waals surface area contributed by atoms with Crippen molar-refractivity contribution >= 4 is 5.97 Å². The molecule has 0 aromatic rings. The van der Waals surface area contributed by atoms with Crippen LogP contribution in [0.15, 0.2) is 11.6 Å². The Morgan fingerprint density at radius 1 is 1.75 bits per heavy atom. The molecule has 2 heteroatoms. The minimum atomic E-state index is -1.08. The van der Waals surface area contributed by atoms with Gasteiger partial charge >= 0.3 is 0 Å². The molecule has 0 fully saturated rings. The molecular formula is C6H9O2-. The molecule has 46 valence electrons. The maximum atomic E-state index is 9.91. The van der Waals surface area contributed by atoms with E-state index in [1.54, 1.807) is 6.08 Å². The summed E-state index contributed by atoms with van der Waals surface area (Å²) in [6, 6.07) is 0. The Morgan fingerprint density at radius 3 is 2.38 bits per heavy atom. The maximum Gasteiger partial charge on any atom is 0.0668 e. The summed E-state index contributed by atoms with van der Waals surface area (Å²) < 4.78 is 0. The summed E-state index contributed by atoms with van der Waals surface area (Å²) in [7, 11) is 0. The van der Waals surface area contributed by atoms with E-state index in [2.05, 4.69) is 0 Å². The first kappa shape index (κ1) is 7.21. The number of aliphatic carboxylic acids is 1. The van der Waals surface area contributed by atoms with Gasteiger partial charge in [-0.05, 0) is 18.9 Å². The van der Waals surface area contributed by atoms with Crippen LogP contribution in [0.3, 0.4) is 0 Å². The van der Waals surface area contributed by atoms with Gasteiger partial charge in [0.25, 0.3) is 0 Å². The second kappa shape index (κ2) is 3.24. The fourth-order valence-electron chi connectivity index (χ4n) is 0.390. The van der Waals surface area contributed by atoms with Crippen molar-refractivity contribution in [1.29, 1.82) is 0 Å². The highest BCUT2D eigenvalue weighted by Crippen LogP contribution is 1.90. The first-order chi connectivity index (χ1) is 3.68. The topological polar surface area (TPSA) is 40.1 Å². The molecule has 0 atom stereocenters. The van der Waals surface area contributed by atoms with E-state index in [1.165, 1.54) is 6.92 Å². The fraction of sp³-hybridized carbons (Fsp3) is 0.500. The van der Waals surface area contributed by atoms with E-state index in [1.807, 2.05) is 6.92 Å². The van der Waals surface area contributed by atoms with Crippen molar-refractivity contribution in [3.8, 4) is 0 Å². The second-order valence-electron chi connectivity index (χ2n) is 1.58. The van der Waals surface area contributed by atoms with Crippen LogP contribution >= 0.6 is 0 Å². The van der Waals surface area contributed by atoms with Gasteiger partial charge in [0.15, 0.2) is 0 Å². The number of carboxylic acid groups (broad SMARTS) is 1. The molecule has 0 heterocycles. The standard InChI is InChI=1S/C6H10O2/c1-3-4-5(2)6(7)8/h4H,3H2,1-2H3,(H,7,8)/p-1/b5-4-. The molecule has 0 rings (SSSR count). The molecule has 0 aromatic heterocycles. The monoisotopic (exact) mass is 113 g/mol. The summed E-state index contributed by atoms with van der Waals surface area (Å²) in [6.45, 7) is 3.41. The third kappa shape index (κ3) is 2.39. The van der Waals surface area contributed by atoms with Crippen LogP contribution in [0.1, 0.15) is 20.3 Å². The predicted molar refractivity (Wildman–Crippen MR) is 29.1 cm³/mol. The molecule has 0 aliphatic rings. The molecule has 0 amide bonds. The normalized spacial score (nSPS) is 11.5. The lowest BCUT2D eigenvalue weighted by atomic mass is 10.2. The van der Waals surface area contributed by atoms with E-state index in [-0.39, 0.29) is 0 Å². The largest absolute Gasteiger partial charge is 0.545 e. The van der Waals surface area contributed by atoms with Crippen LogP contribution in [0, 0.1) is 0 Å². The Hall–Kier alpha value is -0.790. The zero-order valence-corrected chi connectivity index (χ0v) is 5.10. The molecule has 0 radical (unpaired) electrons. The summed E-state index contributed by atoms with van der Waals surface area (Å²) in [5.74, 6) is -1.08. The Morgan fingerprint density at radius 2 is 2.25 bits per heavy atom. The number of hydrogen-bond donors (Lipinski definition) is 0. The number of carboxylic acids is 1. The van der Waals surface area contributed by atoms with Gasteiger partial charge in [0.05, 0.1) is 5.97 Å². The SMILES string of the molecule is CC/C=C(/C)C(=O)[O-]. The molecule has 0 aliphatic carbocycles. The number of carbonyl (C=O) groups is 1. The first-order valence-corrected chi connectivity index (χ1v) is 2.56. The van der Waals surface area contributed by atoms with Crippen molar-refractivity contribution in [3.05, 3.63) is 11.6 Å². The lowest BCUT2D eigenvalue weighted by Crippen LogP contribution is -2.22. The highest BCUT2D eigenvalue weighted by Gasteiger charge is 1.83. The third-order valence-corrected chi connectivity index (χ3v) is 0.832. The average Bonchev–Trinajstić information content (AvgIpc) is 1.67. The highest BCUT2D eigenvalue weighted by molar-refractivity contribution is 5.83. The second-order valence-corrected chi connectivity index (χ2v) is 1.58. The van der Waals surface area contributed by atoms with Gasteiger partial charge < -0.3 is 9.90 Å². The summed E-state index contributed by atoms with van der Waals surface area (Å²) in [6.07, 6.45) is 2.37. The summed E-state index contributed by atoms with van der Waals surface area (Å²) in [5, 5.41) is 9.91. The molecule has 0 aromatic carbocycles. The minimum absolute atomic E-state index is 0.313. The summed E-state index contributed by atoms with van der Waals surface area (Å²) >= 11 is 0. The van der Waals surface area contributed by atoms with E-state index in [4.69, 9.17) is 0 Å². The van der Waals surface area contributed by atoms with Crippen LogP contribution in [0.2, 0.25) is 0 Å². The highest BCUT2D eigenvalue weighted by atomic mass is 16.4. The molecule has 0 aliphatic heterocycles. The van der Waals surface area contributed by atoms with E-state index in [0.717, 1.165) is 6.42 Å². The fourth-order valence-corrected chi connectivity index (χ4v) is 0.390. The Balaban J connectivity index is 3.80. The van der Waals surface area contributed by atoms with Gasteiger partial charge in [-0.1, -0.05) is 13.0 Å². The third-order valence-electron chi connectivity index (χ3n) is 0.832. The average molecular weight is 113 g/mol. The Kier molecular flexibility index (Phi) is 2.92. The molecule has 0 N–H and O–H groups in total. The zero-order valence-electron chi connectivity index (χ0n) is 5.10. The van der Waals surface area contributed by atoms with Gasteiger partial charge in [-0.15, -0.1) is 0 Å². The lowest BCUT2D eigenvalue weighted by molar-refractivity contribution is -0.299. The van der Waals surface area contributed by atoms with Gasteiger partial charge in [-0.2, -0.15) is 0 Å². The maximum absolute atomic E-state index is 9.91. The van der Waals surface area contributed by atoms with E-state index in [9.17, 15) is 9.90 Å². The molecule has 0 bridgehead atoms. The van der Waals surface area contributed by atoms with Crippen molar-refractivity contribution in [2.24, 2.45) is 0 Å². The molecule has 0 saturated heterocycles. The molecule has 8 heavy (non-hydrogen) atoms. The Labute approximate surface area is 48.8 Å². The van der Waals surface area contributed by atoms with Gasteiger partial charge in [0, 0.05) is 0 Å². The van der Waals surface area contributed by atoms with Crippen molar-refractivity contribution in [1.82, 2.24) is 0 Å². The van der Waals surface area contributed by atoms with Crippen LogP contribution in [0.4, 0.5) is 0 Å². The zero-order chi connectivity index (χ0) is 6.57. The predicted octanol–water partition coefficient (Wildman–Crippen LogP) is 0.0926. The lowest BCUT2D eigenvalue weighted by Gasteiger charge is -1.97. The number of allylic oxidation sites excluding steroid dienone is 1. The van der Waals surface area contributed by atoms with Crippen LogP contribution in [-0.4, -0.2) is 5.97 Å². The van der Waals surface area contributed by atoms with E-state index >= 15 is 0 Å². The molecule has 0 unspecified atom stereocenters. The number of rotatable bonds is 2. The number of hydrogen-bond acceptors (Lipinski definition) is 2. The summed E-state index contributed by atoms with van der Waals surface area (Å²) in [5.41, 5.74) is 0.313. The van der Waals surface area contributed by atoms with Gasteiger partial charge in [-0.3, -0.25) is 0 Å². The van der Waals surface area contributed by atoms with Crippen LogP contribution in [0.5, 0.6) is 0 Å². The van der Waals surface area contributed by atoms with Crippen molar-refractivity contribution in [2.45, 2.75) is 20.3 Å². The smallest absolute Gasteiger partial charge is 0.0668 e. The molecule has 0 spiro atoms. The van der Waals surface area contributed by atoms with Crippen molar-refractivity contribution < 1.29 is 9.90 Å². The Bertz CT molecular complexity index is 114. The van der Waals surface area contributed by atoms with Crippen LogP contribution < -0.4 is 5.11 Å². The summed E-state index contributed by atoms with van der Waals surface area (Å²) in [4.78, 5) is 9.91. The van der Waals surface area contributed by atoms with Gasteiger partial charge in [0.1, 0.15) is 0 Å². The van der Waals surface area contributed by atoms with Crippen LogP contribution in [-0.2, 0) is 4.79 Å².